The zero-order valence-corrected chi connectivity index (χ0v) is 14.5. The quantitative estimate of drug-likeness (QED) is 0.671. The molecule has 0 N–H and O–H groups in total. The van der Waals surface area contributed by atoms with E-state index in [9.17, 15) is 0 Å². The molecule has 0 unspecified atom stereocenters. The Hall–Kier alpha value is -1.76. The summed E-state index contributed by atoms with van der Waals surface area (Å²) >= 11 is 0. The molecule has 0 aliphatic carbocycles. The summed E-state index contributed by atoms with van der Waals surface area (Å²) in [4.78, 5) is 2.52. The second kappa shape index (κ2) is 5.79. The van der Waals surface area contributed by atoms with Gasteiger partial charge in [0.2, 0.25) is 0 Å². The highest BCUT2D eigenvalue weighted by Crippen LogP contribution is 2.45. The third kappa shape index (κ3) is 2.33. The molecule has 1 heteroatoms. The summed E-state index contributed by atoms with van der Waals surface area (Å²) in [5.41, 5.74) is 8.84. The highest BCUT2D eigenvalue weighted by atomic mass is 15.1. The van der Waals surface area contributed by atoms with E-state index in [1.807, 2.05) is 0 Å². The van der Waals surface area contributed by atoms with Gasteiger partial charge in [-0.15, -0.1) is 0 Å². The average molecular weight is 293 g/mol. The second-order valence-electron chi connectivity index (χ2n) is 6.94. The molecule has 2 aromatic rings. The number of benzene rings is 2. The van der Waals surface area contributed by atoms with Crippen molar-refractivity contribution >= 4 is 11.4 Å². The fraction of sp³-hybridized carbons (Fsp3) is 0.429. The standard InChI is InChI=1S/C21H27N/c1-6-22-19-10-8-7-9-16(19)13-17-11-12-18(14(2)3)20(15(4)5)21(17)22/h7-12,14-15H,6,13H2,1-5H3. The lowest BCUT2D eigenvalue weighted by molar-refractivity contribution is 0.778. The Morgan fingerprint density at radius 3 is 2.27 bits per heavy atom. The van der Waals surface area contributed by atoms with Gasteiger partial charge in [-0.05, 0) is 47.1 Å². The molecule has 116 valence electrons. The van der Waals surface area contributed by atoms with Crippen molar-refractivity contribution in [1.29, 1.82) is 0 Å². The van der Waals surface area contributed by atoms with Crippen LogP contribution in [0.2, 0.25) is 0 Å². The minimum Gasteiger partial charge on any atom is -0.341 e. The number of nitrogens with zero attached hydrogens (tertiary/aromatic N) is 1. The SMILES string of the molecule is CCN1c2ccccc2Cc2ccc(C(C)C)c(C(C)C)c21. The number of rotatable bonds is 3. The van der Waals surface area contributed by atoms with Crippen LogP contribution in [0.4, 0.5) is 11.4 Å². The van der Waals surface area contributed by atoms with Crippen molar-refractivity contribution in [3.05, 3.63) is 58.7 Å². The van der Waals surface area contributed by atoms with Gasteiger partial charge in [-0.2, -0.15) is 0 Å². The highest BCUT2D eigenvalue weighted by Gasteiger charge is 2.27. The summed E-state index contributed by atoms with van der Waals surface area (Å²) < 4.78 is 0. The maximum Gasteiger partial charge on any atom is 0.0484 e. The van der Waals surface area contributed by atoms with E-state index >= 15 is 0 Å². The van der Waals surface area contributed by atoms with Gasteiger partial charge in [0.15, 0.2) is 0 Å². The topological polar surface area (TPSA) is 3.24 Å². The number of fused-ring (bicyclic) bond motifs is 2. The molecule has 0 aromatic heterocycles. The van der Waals surface area contributed by atoms with E-state index in [-0.39, 0.29) is 0 Å². The first-order valence-electron chi connectivity index (χ1n) is 8.55. The number of hydrogen-bond acceptors (Lipinski definition) is 1. The van der Waals surface area contributed by atoms with Crippen molar-refractivity contribution in [2.24, 2.45) is 0 Å². The van der Waals surface area contributed by atoms with Crippen molar-refractivity contribution < 1.29 is 0 Å². The largest absolute Gasteiger partial charge is 0.341 e. The molecular weight excluding hydrogens is 266 g/mol. The number of hydrogen-bond donors (Lipinski definition) is 0. The van der Waals surface area contributed by atoms with Crippen molar-refractivity contribution in [1.82, 2.24) is 0 Å². The van der Waals surface area contributed by atoms with E-state index in [1.54, 1.807) is 5.56 Å². The molecule has 1 nitrogen and oxygen atoms in total. The van der Waals surface area contributed by atoms with Crippen LogP contribution in [-0.2, 0) is 6.42 Å². The maximum atomic E-state index is 2.52. The van der Waals surface area contributed by atoms with Crippen LogP contribution in [0.3, 0.4) is 0 Å². The van der Waals surface area contributed by atoms with Crippen molar-refractivity contribution in [2.75, 3.05) is 11.4 Å². The van der Waals surface area contributed by atoms with E-state index in [0.717, 1.165) is 13.0 Å². The van der Waals surface area contributed by atoms with E-state index in [1.165, 1.54) is 28.1 Å². The Kier molecular flexibility index (Phi) is 3.99. The summed E-state index contributed by atoms with van der Waals surface area (Å²) in [6.07, 6.45) is 1.06. The van der Waals surface area contributed by atoms with Crippen LogP contribution in [-0.4, -0.2) is 6.54 Å². The van der Waals surface area contributed by atoms with Crippen molar-refractivity contribution in [2.45, 2.75) is 52.9 Å². The molecule has 1 heterocycles. The monoisotopic (exact) mass is 293 g/mol. The lowest BCUT2D eigenvalue weighted by Crippen LogP contribution is -2.25. The molecule has 0 atom stereocenters. The Balaban J connectivity index is 2.27. The van der Waals surface area contributed by atoms with Crippen LogP contribution in [0, 0.1) is 0 Å². The molecule has 0 fully saturated rings. The summed E-state index contributed by atoms with van der Waals surface area (Å²) in [6, 6.07) is 13.6. The van der Waals surface area contributed by atoms with Gasteiger partial charge in [0, 0.05) is 24.3 Å². The molecule has 3 rings (SSSR count). The summed E-state index contributed by atoms with van der Waals surface area (Å²) in [5, 5.41) is 0. The lowest BCUT2D eigenvalue weighted by Gasteiger charge is -2.36. The number of para-hydroxylation sites is 1. The summed E-state index contributed by atoms with van der Waals surface area (Å²) in [6.45, 7) is 12.6. The fourth-order valence-corrected chi connectivity index (χ4v) is 3.82. The van der Waals surface area contributed by atoms with Gasteiger partial charge in [0.25, 0.3) is 0 Å². The van der Waals surface area contributed by atoms with E-state index < -0.39 is 0 Å². The van der Waals surface area contributed by atoms with E-state index in [2.05, 4.69) is 75.9 Å². The molecule has 0 spiro atoms. The highest BCUT2D eigenvalue weighted by molar-refractivity contribution is 5.78. The number of anilines is 2. The smallest absolute Gasteiger partial charge is 0.0484 e. The van der Waals surface area contributed by atoms with Crippen LogP contribution in [0.15, 0.2) is 36.4 Å². The Bertz CT molecular complexity index is 682. The average Bonchev–Trinajstić information content (AvgIpc) is 2.50. The van der Waals surface area contributed by atoms with Gasteiger partial charge < -0.3 is 4.90 Å². The van der Waals surface area contributed by atoms with Crippen molar-refractivity contribution in [3.63, 3.8) is 0 Å². The molecule has 0 radical (unpaired) electrons. The molecule has 0 amide bonds. The lowest BCUT2D eigenvalue weighted by atomic mass is 9.83. The van der Waals surface area contributed by atoms with E-state index in [0.29, 0.717) is 11.8 Å². The Morgan fingerprint density at radius 2 is 1.64 bits per heavy atom. The van der Waals surface area contributed by atoms with Gasteiger partial charge in [-0.25, -0.2) is 0 Å². The minimum atomic E-state index is 0.548. The van der Waals surface area contributed by atoms with Crippen LogP contribution < -0.4 is 4.90 Å². The predicted octanol–water partition coefficient (Wildman–Crippen LogP) is 6.00. The van der Waals surface area contributed by atoms with Crippen LogP contribution in [0.25, 0.3) is 0 Å². The first-order valence-corrected chi connectivity index (χ1v) is 8.55. The van der Waals surface area contributed by atoms with Gasteiger partial charge in [-0.1, -0.05) is 58.0 Å². The molecule has 2 aromatic carbocycles. The summed E-state index contributed by atoms with van der Waals surface area (Å²) in [7, 11) is 0. The van der Waals surface area contributed by atoms with Crippen LogP contribution in [0.5, 0.6) is 0 Å². The molecule has 1 aliphatic rings. The molecule has 1 aliphatic heterocycles. The molecule has 0 bridgehead atoms. The fourth-order valence-electron chi connectivity index (χ4n) is 3.82. The normalized spacial score (nSPS) is 13.5. The van der Waals surface area contributed by atoms with Gasteiger partial charge in [-0.3, -0.25) is 0 Å². The molecular formula is C21H27N. The molecule has 0 saturated heterocycles. The van der Waals surface area contributed by atoms with E-state index in [4.69, 9.17) is 0 Å². The maximum absolute atomic E-state index is 2.52. The first kappa shape index (κ1) is 15.1. The molecule has 0 saturated carbocycles. The Labute approximate surface area is 135 Å². The summed E-state index contributed by atoms with van der Waals surface area (Å²) in [5.74, 6) is 1.12. The third-order valence-electron chi connectivity index (χ3n) is 4.78. The Morgan fingerprint density at radius 1 is 0.909 bits per heavy atom. The van der Waals surface area contributed by atoms with Gasteiger partial charge in [0.1, 0.15) is 0 Å². The predicted molar refractivity (Wildman–Crippen MR) is 96.5 cm³/mol. The minimum absolute atomic E-state index is 0.548. The van der Waals surface area contributed by atoms with Crippen LogP contribution in [0.1, 0.15) is 68.7 Å². The third-order valence-corrected chi connectivity index (χ3v) is 4.78. The molecule has 22 heavy (non-hydrogen) atoms. The van der Waals surface area contributed by atoms with Gasteiger partial charge in [0.05, 0.1) is 0 Å². The van der Waals surface area contributed by atoms with Gasteiger partial charge >= 0.3 is 0 Å². The zero-order chi connectivity index (χ0) is 15.9. The van der Waals surface area contributed by atoms with Crippen molar-refractivity contribution in [3.8, 4) is 0 Å². The first-order chi connectivity index (χ1) is 10.5. The van der Waals surface area contributed by atoms with Crippen LogP contribution >= 0.6 is 0 Å². The second-order valence-corrected chi connectivity index (χ2v) is 6.94. The zero-order valence-electron chi connectivity index (χ0n) is 14.5.